The number of nitrogens with one attached hydrogen (secondary N) is 2. The summed E-state index contributed by atoms with van der Waals surface area (Å²) in [4.78, 5) is 36.9. The summed E-state index contributed by atoms with van der Waals surface area (Å²) < 4.78 is 0. The van der Waals surface area contributed by atoms with Gasteiger partial charge in [-0.3, -0.25) is 9.59 Å². The summed E-state index contributed by atoms with van der Waals surface area (Å²) in [6.07, 6.45) is 2.53. The van der Waals surface area contributed by atoms with Crippen LogP contribution in [-0.4, -0.2) is 35.2 Å². The number of aromatic nitrogens is 1. The monoisotopic (exact) mass is 302 g/mol. The van der Waals surface area contributed by atoms with E-state index in [1.807, 2.05) is 24.3 Å². The van der Waals surface area contributed by atoms with E-state index < -0.39 is 23.9 Å². The number of aldehydes is 1. The molecule has 0 spiro atoms. The molecule has 6 N–H and O–H groups in total. The lowest BCUT2D eigenvalue weighted by Gasteiger charge is -2.15. The van der Waals surface area contributed by atoms with Gasteiger partial charge in [0.05, 0.1) is 18.5 Å². The Labute approximate surface area is 127 Å². The Kier molecular flexibility index (Phi) is 4.90. The molecule has 1 aromatic carbocycles. The van der Waals surface area contributed by atoms with Crippen LogP contribution in [0.3, 0.4) is 0 Å². The van der Waals surface area contributed by atoms with Gasteiger partial charge in [0.25, 0.3) is 0 Å². The van der Waals surface area contributed by atoms with Crippen LogP contribution in [0.5, 0.6) is 0 Å². The van der Waals surface area contributed by atoms with Crippen molar-refractivity contribution < 1.29 is 14.4 Å². The number of hydrogen-bond acceptors (Lipinski definition) is 4. The fourth-order valence-electron chi connectivity index (χ4n) is 2.27. The molecule has 1 heterocycles. The molecule has 2 rings (SSSR count). The van der Waals surface area contributed by atoms with Gasteiger partial charge in [-0.15, -0.1) is 0 Å². The highest BCUT2D eigenvalue weighted by atomic mass is 16.2. The van der Waals surface area contributed by atoms with E-state index in [2.05, 4.69) is 10.3 Å². The number of benzene rings is 1. The SMILES string of the molecule is NC(=O)C[C@H](N)C(=O)N[C@H](C=O)Cc1c[nH]c2ccccc12. The Morgan fingerprint density at radius 1 is 1.32 bits per heavy atom. The van der Waals surface area contributed by atoms with Crippen molar-refractivity contribution in [2.24, 2.45) is 11.5 Å². The molecule has 22 heavy (non-hydrogen) atoms. The van der Waals surface area contributed by atoms with Gasteiger partial charge < -0.3 is 26.6 Å². The lowest BCUT2D eigenvalue weighted by Crippen LogP contribution is -2.48. The fraction of sp³-hybridized carbons (Fsp3) is 0.267. The maximum atomic E-state index is 11.8. The standard InChI is InChI=1S/C15H18N4O3/c16-12(6-14(17)21)15(22)19-10(8-20)5-9-7-18-13-4-2-1-3-11(9)13/h1-4,7-8,10,12,18H,5-6,16H2,(H2,17,21)(H,19,22)/t10-,12-/m0/s1. The van der Waals surface area contributed by atoms with Crippen LogP contribution < -0.4 is 16.8 Å². The molecule has 7 nitrogen and oxygen atoms in total. The van der Waals surface area contributed by atoms with Crippen LogP contribution in [0.1, 0.15) is 12.0 Å². The highest BCUT2D eigenvalue weighted by Gasteiger charge is 2.20. The quantitative estimate of drug-likeness (QED) is 0.518. The molecule has 0 aliphatic heterocycles. The van der Waals surface area contributed by atoms with Crippen LogP contribution in [0.4, 0.5) is 0 Å². The molecule has 2 atom stereocenters. The first-order valence-electron chi connectivity index (χ1n) is 6.85. The highest BCUT2D eigenvalue weighted by Crippen LogP contribution is 2.18. The summed E-state index contributed by atoms with van der Waals surface area (Å²) >= 11 is 0. The van der Waals surface area contributed by atoms with Gasteiger partial charge in [0.1, 0.15) is 6.29 Å². The number of carbonyl (C=O) groups is 3. The molecule has 2 amide bonds. The van der Waals surface area contributed by atoms with E-state index in [9.17, 15) is 14.4 Å². The maximum Gasteiger partial charge on any atom is 0.238 e. The number of aromatic amines is 1. The van der Waals surface area contributed by atoms with Crippen molar-refractivity contribution in [2.45, 2.75) is 24.9 Å². The topological polar surface area (TPSA) is 131 Å². The van der Waals surface area contributed by atoms with Gasteiger partial charge in [-0.1, -0.05) is 18.2 Å². The van der Waals surface area contributed by atoms with Crippen LogP contribution >= 0.6 is 0 Å². The number of para-hydroxylation sites is 1. The summed E-state index contributed by atoms with van der Waals surface area (Å²) in [5.74, 6) is -1.24. The number of H-pyrrole nitrogens is 1. The van der Waals surface area contributed by atoms with Crippen molar-refractivity contribution in [1.29, 1.82) is 0 Å². The Morgan fingerprint density at radius 2 is 2.05 bits per heavy atom. The number of fused-ring (bicyclic) bond motifs is 1. The first kappa shape index (κ1) is 15.7. The van der Waals surface area contributed by atoms with Gasteiger partial charge in [-0.25, -0.2) is 0 Å². The van der Waals surface area contributed by atoms with Crippen molar-refractivity contribution in [2.75, 3.05) is 0 Å². The largest absolute Gasteiger partial charge is 0.370 e. The first-order valence-corrected chi connectivity index (χ1v) is 6.85. The molecule has 0 bridgehead atoms. The average molecular weight is 302 g/mol. The summed E-state index contributed by atoms with van der Waals surface area (Å²) in [6, 6.07) is 5.90. The number of carbonyl (C=O) groups excluding carboxylic acids is 3. The molecular weight excluding hydrogens is 284 g/mol. The second-order valence-corrected chi connectivity index (χ2v) is 5.09. The van der Waals surface area contributed by atoms with Gasteiger partial charge in [0.2, 0.25) is 11.8 Å². The molecule has 0 fully saturated rings. The fourth-order valence-corrected chi connectivity index (χ4v) is 2.27. The third kappa shape index (κ3) is 3.70. The maximum absolute atomic E-state index is 11.8. The van der Waals surface area contributed by atoms with Crippen molar-refractivity contribution in [1.82, 2.24) is 10.3 Å². The Bertz CT molecular complexity index is 695. The molecule has 0 saturated carbocycles. The number of amides is 2. The van der Waals surface area contributed by atoms with Gasteiger partial charge in [0, 0.05) is 23.5 Å². The number of hydrogen-bond donors (Lipinski definition) is 4. The van der Waals surface area contributed by atoms with Crippen molar-refractivity contribution in [3.63, 3.8) is 0 Å². The predicted octanol–water partition coefficient (Wildman–Crippen LogP) is -0.403. The van der Waals surface area contributed by atoms with Gasteiger partial charge in [-0.2, -0.15) is 0 Å². The molecule has 2 aromatic rings. The van der Waals surface area contributed by atoms with Crippen molar-refractivity contribution >= 4 is 29.0 Å². The molecule has 0 unspecified atom stereocenters. The summed E-state index contributed by atoms with van der Waals surface area (Å²) in [7, 11) is 0. The van der Waals surface area contributed by atoms with E-state index in [0.717, 1.165) is 16.5 Å². The zero-order valence-electron chi connectivity index (χ0n) is 11.9. The second kappa shape index (κ2) is 6.86. The van der Waals surface area contributed by atoms with Gasteiger partial charge in [-0.05, 0) is 11.6 Å². The van der Waals surface area contributed by atoms with Crippen LogP contribution in [0, 0.1) is 0 Å². The minimum Gasteiger partial charge on any atom is -0.370 e. The average Bonchev–Trinajstić information content (AvgIpc) is 2.89. The molecule has 7 heteroatoms. The number of nitrogens with two attached hydrogens (primary N) is 2. The van der Waals surface area contributed by atoms with E-state index >= 15 is 0 Å². The van der Waals surface area contributed by atoms with E-state index in [0.29, 0.717) is 12.7 Å². The minimum atomic E-state index is -1.05. The summed E-state index contributed by atoms with van der Waals surface area (Å²) in [5.41, 5.74) is 12.4. The molecular formula is C15H18N4O3. The molecule has 0 aliphatic carbocycles. The van der Waals surface area contributed by atoms with Gasteiger partial charge in [0.15, 0.2) is 0 Å². The van der Waals surface area contributed by atoms with E-state index in [4.69, 9.17) is 11.5 Å². The van der Waals surface area contributed by atoms with Crippen molar-refractivity contribution in [3.8, 4) is 0 Å². The van der Waals surface area contributed by atoms with Crippen LogP contribution in [0.25, 0.3) is 10.9 Å². The molecule has 0 radical (unpaired) electrons. The van der Waals surface area contributed by atoms with Gasteiger partial charge >= 0.3 is 0 Å². The Morgan fingerprint density at radius 3 is 2.73 bits per heavy atom. The van der Waals surface area contributed by atoms with Crippen LogP contribution in [-0.2, 0) is 20.8 Å². The number of rotatable bonds is 7. The predicted molar refractivity (Wildman–Crippen MR) is 81.8 cm³/mol. The Balaban J connectivity index is 2.05. The molecule has 0 aliphatic rings. The zero-order chi connectivity index (χ0) is 16.1. The normalized spacial score (nSPS) is 13.5. The second-order valence-electron chi connectivity index (χ2n) is 5.09. The highest BCUT2D eigenvalue weighted by molar-refractivity contribution is 5.89. The minimum absolute atomic E-state index is 0.259. The van der Waals surface area contributed by atoms with E-state index in [1.165, 1.54) is 0 Å². The first-order chi connectivity index (χ1) is 10.5. The molecule has 1 aromatic heterocycles. The molecule has 116 valence electrons. The third-order valence-corrected chi connectivity index (χ3v) is 3.36. The summed E-state index contributed by atoms with van der Waals surface area (Å²) in [6.45, 7) is 0. The van der Waals surface area contributed by atoms with Crippen LogP contribution in [0.2, 0.25) is 0 Å². The lowest BCUT2D eigenvalue weighted by atomic mass is 10.1. The van der Waals surface area contributed by atoms with Crippen LogP contribution in [0.15, 0.2) is 30.5 Å². The number of primary amides is 1. The molecule has 0 saturated heterocycles. The van der Waals surface area contributed by atoms with Crippen molar-refractivity contribution in [3.05, 3.63) is 36.0 Å². The van der Waals surface area contributed by atoms with E-state index in [-0.39, 0.29) is 6.42 Å². The zero-order valence-corrected chi connectivity index (χ0v) is 11.9. The van der Waals surface area contributed by atoms with E-state index in [1.54, 1.807) is 6.20 Å². The lowest BCUT2D eigenvalue weighted by molar-refractivity contribution is -0.127. The Hall–Kier alpha value is -2.67. The summed E-state index contributed by atoms with van der Waals surface area (Å²) in [5, 5.41) is 3.51. The smallest absolute Gasteiger partial charge is 0.238 e. The third-order valence-electron chi connectivity index (χ3n) is 3.36.